The highest BCUT2D eigenvalue weighted by molar-refractivity contribution is 7.10. The minimum Gasteiger partial charge on any atom is -0.443 e. The first-order chi connectivity index (χ1) is 9.22. The molecule has 0 aliphatic heterocycles. The lowest BCUT2D eigenvalue weighted by Gasteiger charge is -2.15. The molecule has 0 saturated heterocycles. The van der Waals surface area contributed by atoms with Gasteiger partial charge in [-0.15, -0.1) is 11.3 Å². The van der Waals surface area contributed by atoms with E-state index >= 15 is 0 Å². The van der Waals surface area contributed by atoms with Crippen molar-refractivity contribution in [1.29, 1.82) is 0 Å². The molecule has 1 amide bonds. The van der Waals surface area contributed by atoms with Crippen molar-refractivity contribution in [2.24, 2.45) is 0 Å². The summed E-state index contributed by atoms with van der Waals surface area (Å²) in [4.78, 5) is 24.5. The summed E-state index contributed by atoms with van der Waals surface area (Å²) in [6, 6.07) is 12.2. The standard InChI is InChI=1S/C14H13NO3S/c1-15-13(16)12(11-8-5-9-19-11)18-14(17)10-6-3-2-4-7-10/h2-9,12H,1H3,(H,15,16). The van der Waals surface area contributed by atoms with Gasteiger partial charge in [-0.2, -0.15) is 0 Å². The maximum Gasteiger partial charge on any atom is 0.339 e. The fraction of sp³-hybridized carbons (Fsp3) is 0.143. The Morgan fingerprint density at radius 1 is 1.16 bits per heavy atom. The molecule has 5 heteroatoms. The Hall–Kier alpha value is -2.14. The van der Waals surface area contributed by atoms with Crippen molar-refractivity contribution in [3.8, 4) is 0 Å². The van der Waals surface area contributed by atoms with Crippen LogP contribution in [0.3, 0.4) is 0 Å². The van der Waals surface area contributed by atoms with Crippen LogP contribution < -0.4 is 5.32 Å². The molecule has 2 rings (SSSR count). The molecular formula is C14H13NO3S. The van der Waals surface area contributed by atoms with Gasteiger partial charge in [0.1, 0.15) is 0 Å². The molecule has 1 atom stereocenters. The van der Waals surface area contributed by atoms with Crippen LogP contribution in [0.2, 0.25) is 0 Å². The first-order valence-electron chi connectivity index (χ1n) is 5.73. The van der Waals surface area contributed by atoms with E-state index in [9.17, 15) is 9.59 Å². The van der Waals surface area contributed by atoms with Gasteiger partial charge in [0, 0.05) is 7.05 Å². The molecule has 0 fully saturated rings. The largest absolute Gasteiger partial charge is 0.443 e. The van der Waals surface area contributed by atoms with Crippen molar-refractivity contribution < 1.29 is 14.3 Å². The average Bonchev–Trinajstić information content (AvgIpc) is 2.98. The smallest absolute Gasteiger partial charge is 0.339 e. The average molecular weight is 275 g/mol. The topological polar surface area (TPSA) is 55.4 Å². The third-order valence-electron chi connectivity index (χ3n) is 2.52. The number of likely N-dealkylation sites (N-methyl/N-ethyl adjacent to an activating group) is 1. The predicted molar refractivity (Wildman–Crippen MR) is 73.0 cm³/mol. The Bertz CT molecular complexity index is 551. The van der Waals surface area contributed by atoms with E-state index in [-0.39, 0.29) is 5.91 Å². The van der Waals surface area contributed by atoms with Crippen molar-refractivity contribution in [2.75, 3.05) is 7.05 Å². The zero-order valence-corrected chi connectivity index (χ0v) is 11.1. The molecule has 0 bridgehead atoms. The van der Waals surface area contributed by atoms with Crippen LogP contribution in [0.4, 0.5) is 0 Å². The van der Waals surface area contributed by atoms with E-state index in [1.165, 1.54) is 18.4 Å². The predicted octanol–water partition coefficient (Wildman–Crippen LogP) is 2.39. The van der Waals surface area contributed by atoms with Gasteiger partial charge >= 0.3 is 5.97 Å². The van der Waals surface area contributed by atoms with E-state index in [4.69, 9.17) is 4.74 Å². The van der Waals surface area contributed by atoms with Gasteiger partial charge in [0.15, 0.2) is 0 Å². The zero-order valence-electron chi connectivity index (χ0n) is 10.3. The summed E-state index contributed by atoms with van der Waals surface area (Å²) < 4.78 is 5.29. The van der Waals surface area contributed by atoms with E-state index in [0.29, 0.717) is 10.4 Å². The molecule has 19 heavy (non-hydrogen) atoms. The van der Waals surface area contributed by atoms with E-state index in [1.807, 2.05) is 17.5 Å². The molecule has 1 N–H and O–H groups in total. The van der Waals surface area contributed by atoms with Crippen molar-refractivity contribution in [2.45, 2.75) is 6.10 Å². The lowest BCUT2D eigenvalue weighted by atomic mass is 10.2. The first kappa shape index (κ1) is 13.3. The number of carbonyl (C=O) groups is 2. The van der Waals surface area contributed by atoms with Crippen LogP contribution in [0.1, 0.15) is 21.3 Å². The van der Waals surface area contributed by atoms with Gasteiger partial charge in [0.25, 0.3) is 5.91 Å². The van der Waals surface area contributed by atoms with Crippen LogP contribution in [-0.2, 0) is 9.53 Å². The van der Waals surface area contributed by atoms with E-state index < -0.39 is 12.1 Å². The molecule has 0 spiro atoms. The summed E-state index contributed by atoms with van der Waals surface area (Å²) in [5, 5.41) is 4.34. The first-order valence-corrected chi connectivity index (χ1v) is 6.61. The zero-order chi connectivity index (χ0) is 13.7. The second kappa shape index (κ2) is 6.15. The van der Waals surface area contributed by atoms with Crippen LogP contribution in [0.15, 0.2) is 47.8 Å². The Morgan fingerprint density at radius 2 is 1.89 bits per heavy atom. The van der Waals surface area contributed by atoms with Gasteiger partial charge < -0.3 is 10.1 Å². The van der Waals surface area contributed by atoms with E-state index in [0.717, 1.165) is 0 Å². The Labute approximate surface area is 115 Å². The number of hydrogen-bond acceptors (Lipinski definition) is 4. The highest BCUT2D eigenvalue weighted by atomic mass is 32.1. The summed E-state index contributed by atoms with van der Waals surface area (Å²) in [5.74, 6) is -0.852. The second-order valence-electron chi connectivity index (χ2n) is 3.78. The molecule has 4 nitrogen and oxygen atoms in total. The summed E-state index contributed by atoms with van der Waals surface area (Å²) in [7, 11) is 1.51. The number of thiophene rings is 1. The molecule has 0 aliphatic carbocycles. The fourth-order valence-corrected chi connectivity index (χ4v) is 2.31. The normalized spacial score (nSPS) is 11.6. The Kier molecular flexibility index (Phi) is 4.30. The van der Waals surface area contributed by atoms with Gasteiger partial charge in [-0.3, -0.25) is 4.79 Å². The molecule has 1 aromatic carbocycles. The van der Waals surface area contributed by atoms with Crippen molar-refractivity contribution in [3.05, 3.63) is 58.3 Å². The molecule has 2 aromatic rings. The number of nitrogens with one attached hydrogen (secondary N) is 1. The van der Waals surface area contributed by atoms with Crippen molar-refractivity contribution >= 4 is 23.2 Å². The molecular weight excluding hydrogens is 262 g/mol. The molecule has 1 unspecified atom stereocenters. The number of hydrogen-bond donors (Lipinski definition) is 1. The molecule has 0 radical (unpaired) electrons. The van der Waals surface area contributed by atoms with E-state index in [1.54, 1.807) is 30.3 Å². The molecule has 1 heterocycles. The summed E-state index contributed by atoms with van der Waals surface area (Å²) in [6.45, 7) is 0. The maximum atomic E-state index is 12.0. The van der Waals surface area contributed by atoms with Gasteiger partial charge in [-0.25, -0.2) is 4.79 Å². The number of rotatable bonds is 4. The Balaban J connectivity index is 2.18. The molecule has 0 aliphatic rings. The summed E-state index contributed by atoms with van der Waals surface area (Å²) in [5.41, 5.74) is 0.424. The molecule has 0 saturated carbocycles. The minimum atomic E-state index is -0.905. The van der Waals surface area contributed by atoms with Crippen LogP contribution in [0, 0.1) is 0 Å². The highest BCUT2D eigenvalue weighted by Crippen LogP contribution is 2.24. The summed E-state index contributed by atoms with van der Waals surface area (Å²) >= 11 is 1.37. The molecule has 1 aromatic heterocycles. The second-order valence-corrected chi connectivity index (χ2v) is 4.76. The quantitative estimate of drug-likeness (QED) is 0.872. The highest BCUT2D eigenvalue weighted by Gasteiger charge is 2.25. The number of carbonyl (C=O) groups excluding carboxylic acids is 2. The SMILES string of the molecule is CNC(=O)C(OC(=O)c1ccccc1)c1cccs1. The summed E-state index contributed by atoms with van der Waals surface area (Å²) in [6.07, 6.45) is -0.905. The van der Waals surface area contributed by atoms with Gasteiger partial charge in [-0.05, 0) is 23.6 Å². The molecule has 98 valence electrons. The lowest BCUT2D eigenvalue weighted by molar-refractivity contribution is -0.129. The number of ether oxygens (including phenoxy) is 1. The van der Waals surface area contributed by atoms with Gasteiger partial charge in [0.2, 0.25) is 6.10 Å². The Morgan fingerprint density at radius 3 is 2.47 bits per heavy atom. The van der Waals surface area contributed by atoms with Crippen LogP contribution in [-0.4, -0.2) is 18.9 Å². The third-order valence-corrected chi connectivity index (χ3v) is 3.44. The van der Waals surface area contributed by atoms with Crippen molar-refractivity contribution in [3.63, 3.8) is 0 Å². The monoisotopic (exact) mass is 275 g/mol. The maximum absolute atomic E-state index is 12.0. The number of esters is 1. The third kappa shape index (κ3) is 3.20. The van der Waals surface area contributed by atoms with Gasteiger partial charge in [-0.1, -0.05) is 24.3 Å². The van der Waals surface area contributed by atoms with Gasteiger partial charge in [0.05, 0.1) is 10.4 Å². The van der Waals surface area contributed by atoms with Crippen LogP contribution in [0.25, 0.3) is 0 Å². The van der Waals surface area contributed by atoms with Crippen LogP contribution >= 0.6 is 11.3 Å². The minimum absolute atomic E-state index is 0.341. The van der Waals surface area contributed by atoms with Crippen LogP contribution in [0.5, 0.6) is 0 Å². The number of amides is 1. The van der Waals surface area contributed by atoms with E-state index in [2.05, 4.69) is 5.32 Å². The van der Waals surface area contributed by atoms with Crippen molar-refractivity contribution in [1.82, 2.24) is 5.32 Å². The number of benzene rings is 1. The fourth-order valence-electron chi connectivity index (χ4n) is 1.56. The lowest BCUT2D eigenvalue weighted by Crippen LogP contribution is -2.28.